The van der Waals surface area contributed by atoms with Gasteiger partial charge < -0.3 is 0 Å². The summed E-state index contributed by atoms with van der Waals surface area (Å²) in [5.41, 5.74) is 0. The third kappa shape index (κ3) is 2.69. The molecular formula is C9H16N2S. The number of likely N-dealkylation sites (tertiary alicyclic amines) is 1. The molecule has 2 nitrogen and oxygen atoms in total. The fourth-order valence-electron chi connectivity index (χ4n) is 1.65. The quantitative estimate of drug-likeness (QED) is 0.623. The maximum Gasteiger partial charge on any atom is 0.0978 e. The van der Waals surface area contributed by atoms with Crippen LogP contribution in [0.5, 0.6) is 0 Å². The van der Waals surface area contributed by atoms with Crippen LogP contribution in [0.2, 0.25) is 0 Å². The molecule has 68 valence electrons. The van der Waals surface area contributed by atoms with Crippen LogP contribution in [0, 0.1) is 11.3 Å². The van der Waals surface area contributed by atoms with Crippen molar-refractivity contribution in [2.24, 2.45) is 0 Å². The van der Waals surface area contributed by atoms with Gasteiger partial charge in [0.15, 0.2) is 0 Å². The molecule has 1 unspecified atom stereocenters. The number of hydrogen-bond acceptors (Lipinski definition) is 3. The summed E-state index contributed by atoms with van der Waals surface area (Å²) in [5.74, 6) is 1.22. The Morgan fingerprint density at radius 1 is 1.67 bits per heavy atom. The Bertz CT molecular complexity index is 164. The number of thioether (sulfide) groups is 1. The maximum atomic E-state index is 8.80. The van der Waals surface area contributed by atoms with Crippen molar-refractivity contribution in [3.05, 3.63) is 0 Å². The summed E-state index contributed by atoms with van der Waals surface area (Å²) in [7, 11) is 0. The third-order valence-corrected chi connectivity index (χ3v) is 3.00. The first-order valence-corrected chi connectivity index (χ1v) is 5.90. The molecule has 0 radical (unpaired) electrons. The van der Waals surface area contributed by atoms with Crippen molar-refractivity contribution in [2.75, 3.05) is 25.1 Å². The second-order valence-corrected chi connectivity index (χ2v) is 4.16. The van der Waals surface area contributed by atoms with E-state index in [1.807, 2.05) is 11.8 Å². The number of nitrogens with zero attached hydrogens (tertiary/aromatic N) is 2. The van der Waals surface area contributed by atoms with Gasteiger partial charge in [0.25, 0.3) is 0 Å². The summed E-state index contributed by atoms with van der Waals surface area (Å²) < 4.78 is 0. The van der Waals surface area contributed by atoms with Gasteiger partial charge in [0.1, 0.15) is 0 Å². The molecule has 0 aromatic rings. The molecule has 3 heteroatoms. The summed E-state index contributed by atoms with van der Waals surface area (Å²) in [6, 6.07) is 2.57. The van der Waals surface area contributed by atoms with Crippen LogP contribution in [0.15, 0.2) is 0 Å². The monoisotopic (exact) mass is 184 g/mol. The van der Waals surface area contributed by atoms with Crippen LogP contribution in [0.3, 0.4) is 0 Å². The van der Waals surface area contributed by atoms with E-state index in [4.69, 9.17) is 5.26 Å². The van der Waals surface area contributed by atoms with Gasteiger partial charge in [0, 0.05) is 6.54 Å². The van der Waals surface area contributed by atoms with Crippen molar-refractivity contribution < 1.29 is 0 Å². The highest BCUT2D eigenvalue weighted by Crippen LogP contribution is 2.16. The van der Waals surface area contributed by atoms with Gasteiger partial charge in [-0.05, 0) is 37.8 Å². The summed E-state index contributed by atoms with van der Waals surface area (Å²) in [6.07, 6.45) is 5.64. The van der Waals surface area contributed by atoms with Gasteiger partial charge >= 0.3 is 0 Å². The Kier molecular flexibility index (Phi) is 4.49. The van der Waals surface area contributed by atoms with Gasteiger partial charge in [-0.15, -0.1) is 0 Å². The SMILES string of the molecule is CSCCCN1CCCC1C#N. The standard InChI is InChI=1S/C9H16N2S/c1-12-7-3-6-11-5-2-4-9(11)8-10/h9H,2-7H2,1H3. The molecule has 0 saturated carbocycles. The lowest BCUT2D eigenvalue weighted by molar-refractivity contribution is 0.296. The Hall–Kier alpha value is -0.200. The average Bonchev–Trinajstić information content (AvgIpc) is 2.52. The lowest BCUT2D eigenvalue weighted by Crippen LogP contribution is -2.29. The van der Waals surface area contributed by atoms with Gasteiger partial charge in [0.05, 0.1) is 12.1 Å². The highest BCUT2D eigenvalue weighted by molar-refractivity contribution is 7.98. The smallest absolute Gasteiger partial charge is 0.0978 e. The van der Waals surface area contributed by atoms with Crippen LogP contribution in [0.25, 0.3) is 0 Å². The molecule has 0 aromatic heterocycles. The van der Waals surface area contributed by atoms with Crippen LogP contribution in [-0.4, -0.2) is 36.0 Å². The van der Waals surface area contributed by atoms with Gasteiger partial charge in [-0.1, -0.05) is 0 Å². The van der Waals surface area contributed by atoms with E-state index in [1.54, 1.807) is 0 Å². The summed E-state index contributed by atoms with van der Waals surface area (Å²) >= 11 is 1.88. The Labute approximate surface area is 78.9 Å². The zero-order valence-corrected chi connectivity index (χ0v) is 8.44. The minimum atomic E-state index is 0.215. The molecule has 1 fully saturated rings. The molecule has 0 N–H and O–H groups in total. The van der Waals surface area contributed by atoms with E-state index in [0.717, 1.165) is 19.5 Å². The summed E-state index contributed by atoms with van der Waals surface area (Å²) in [4.78, 5) is 2.32. The van der Waals surface area contributed by atoms with Gasteiger partial charge in [-0.2, -0.15) is 17.0 Å². The van der Waals surface area contributed by atoms with Crippen molar-refractivity contribution in [1.29, 1.82) is 5.26 Å². The van der Waals surface area contributed by atoms with E-state index in [-0.39, 0.29) is 6.04 Å². The number of hydrogen-bond donors (Lipinski definition) is 0. The minimum Gasteiger partial charge on any atom is -0.288 e. The zero-order chi connectivity index (χ0) is 8.81. The Balaban J connectivity index is 2.18. The van der Waals surface area contributed by atoms with Crippen LogP contribution in [0.1, 0.15) is 19.3 Å². The molecular weight excluding hydrogens is 168 g/mol. The molecule has 1 rings (SSSR count). The predicted molar refractivity (Wildman–Crippen MR) is 53.2 cm³/mol. The van der Waals surface area contributed by atoms with Crippen LogP contribution >= 0.6 is 11.8 Å². The highest BCUT2D eigenvalue weighted by Gasteiger charge is 2.22. The van der Waals surface area contributed by atoms with Gasteiger partial charge in [-0.25, -0.2) is 0 Å². The normalized spacial score (nSPS) is 24.2. The fourth-order valence-corrected chi connectivity index (χ4v) is 2.07. The van der Waals surface area contributed by atoms with E-state index >= 15 is 0 Å². The molecule has 1 aliphatic heterocycles. The van der Waals surface area contributed by atoms with Crippen LogP contribution in [-0.2, 0) is 0 Å². The molecule has 12 heavy (non-hydrogen) atoms. The topological polar surface area (TPSA) is 27.0 Å². The second kappa shape index (κ2) is 5.45. The molecule has 0 bridgehead atoms. The molecule has 0 amide bonds. The first-order chi connectivity index (χ1) is 5.88. The molecule has 1 heterocycles. The van der Waals surface area contributed by atoms with E-state index in [0.29, 0.717) is 0 Å². The van der Waals surface area contributed by atoms with Crippen molar-refractivity contribution in [2.45, 2.75) is 25.3 Å². The van der Waals surface area contributed by atoms with Crippen molar-refractivity contribution in [3.63, 3.8) is 0 Å². The molecule has 1 aliphatic rings. The second-order valence-electron chi connectivity index (χ2n) is 3.17. The summed E-state index contributed by atoms with van der Waals surface area (Å²) in [6.45, 7) is 2.24. The molecule has 1 atom stereocenters. The molecule has 1 saturated heterocycles. The maximum absolute atomic E-state index is 8.80. The highest BCUT2D eigenvalue weighted by atomic mass is 32.2. The van der Waals surface area contributed by atoms with Crippen molar-refractivity contribution in [1.82, 2.24) is 4.90 Å². The van der Waals surface area contributed by atoms with Crippen LogP contribution in [0.4, 0.5) is 0 Å². The molecule has 0 aliphatic carbocycles. The number of nitriles is 1. The Morgan fingerprint density at radius 3 is 3.17 bits per heavy atom. The average molecular weight is 184 g/mol. The fraction of sp³-hybridized carbons (Fsp3) is 0.889. The lowest BCUT2D eigenvalue weighted by atomic mass is 10.2. The lowest BCUT2D eigenvalue weighted by Gasteiger charge is -2.17. The van der Waals surface area contributed by atoms with E-state index in [2.05, 4.69) is 17.2 Å². The van der Waals surface area contributed by atoms with Crippen molar-refractivity contribution in [3.8, 4) is 6.07 Å². The predicted octanol–water partition coefficient (Wildman–Crippen LogP) is 1.73. The zero-order valence-electron chi connectivity index (χ0n) is 7.62. The first kappa shape index (κ1) is 9.88. The molecule has 0 aromatic carbocycles. The first-order valence-electron chi connectivity index (χ1n) is 4.51. The molecule has 0 spiro atoms. The summed E-state index contributed by atoms with van der Waals surface area (Å²) in [5, 5.41) is 8.80. The largest absolute Gasteiger partial charge is 0.288 e. The van der Waals surface area contributed by atoms with E-state index in [1.165, 1.54) is 18.6 Å². The van der Waals surface area contributed by atoms with Crippen molar-refractivity contribution >= 4 is 11.8 Å². The minimum absolute atomic E-state index is 0.215. The third-order valence-electron chi connectivity index (χ3n) is 2.31. The van der Waals surface area contributed by atoms with E-state index < -0.39 is 0 Å². The van der Waals surface area contributed by atoms with Crippen LogP contribution < -0.4 is 0 Å². The van der Waals surface area contributed by atoms with Gasteiger partial charge in [-0.3, -0.25) is 4.90 Å². The van der Waals surface area contributed by atoms with Gasteiger partial charge in [0.2, 0.25) is 0 Å². The Morgan fingerprint density at radius 2 is 2.50 bits per heavy atom. The van der Waals surface area contributed by atoms with E-state index in [9.17, 15) is 0 Å². The number of rotatable bonds is 4.